The normalized spacial score (nSPS) is 17.2. The molecule has 0 aromatic heterocycles. The molecule has 1 heterocycles. The molecule has 0 aliphatic carbocycles. The van der Waals surface area contributed by atoms with E-state index in [2.05, 4.69) is 10.6 Å². The molecule has 0 radical (unpaired) electrons. The molecule has 1 aliphatic rings. The standard InChI is InChI=1S/C15H18N2O6/c1-15(2,3)23-14(21)17-10-7-22-11-8(13(19)20)5-4-6-9(11)16-12(10)18/h4-6,10H,7H2,1-3H3,(H,16,18)(H,17,21)(H,19,20). The number of carbonyl (C=O) groups excluding carboxylic acids is 2. The number of carboxylic acids is 1. The molecule has 2 amide bonds. The summed E-state index contributed by atoms with van der Waals surface area (Å²) in [7, 11) is 0. The molecule has 23 heavy (non-hydrogen) atoms. The number of hydrogen-bond acceptors (Lipinski definition) is 5. The highest BCUT2D eigenvalue weighted by atomic mass is 16.6. The van der Waals surface area contributed by atoms with E-state index in [4.69, 9.17) is 14.6 Å². The van der Waals surface area contributed by atoms with Crippen LogP contribution >= 0.6 is 0 Å². The number of carboxylic acid groups (broad SMARTS) is 1. The first-order valence-corrected chi connectivity index (χ1v) is 6.97. The van der Waals surface area contributed by atoms with Crippen molar-refractivity contribution >= 4 is 23.7 Å². The summed E-state index contributed by atoms with van der Waals surface area (Å²) < 4.78 is 10.5. The maximum atomic E-state index is 12.2. The van der Waals surface area contributed by atoms with E-state index in [-0.39, 0.29) is 23.6 Å². The van der Waals surface area contributed by atoms with Gasteiger partial charge in [0.2, 0.25) is 0 Å². The lowest BCUT2D eigenvalue weighted by Gasteiger charge is -2.22. The van der Waals surface area contributed by atoms with Gasteiger partial charge < -0.3 is 25.2 Å². The second-order valence-electron chi connectivity index (χ2n) is 5.99. The number of carbonyl (C=O) groups is 3. The Balaban J connectivity index is 2.15. The van der Waals surface area contributed by atoms with Gasteiger partial charge in [-0.05, 0) is 32.9 Å². The number of rotatable bonds is 2. The predicted octanol–water partition coefficient (Wildman–Crippen LogP) is 1.61. The quantitative estimate of drug-likeness (QED) is 0.762. The van der Waals surface area contributed by atoms with Gasteiger partial charge in [-0.25, -0.2) is 9.59 Å². The zero-order valence-corrected chi connectivity index (χ0v) is 13.0. The first-order valence-electron chi connectivity index (χ1n) is 6.97. The molecule has 1 aromatic rings. The molecular formula is C15H18N2O6. The van der Waals surface area contributed by atoms with E-state index in [0.717, 1.165) is 0 Å². The Morgan fingerprint density at radius 1 is 1.39 bits per heavy atom. The number of ether oxygens (including phenoxy) is 2. The van der Waals surface area contributed by atoms with Crippen LogP contribution in [-0.4, -0.2) is 41.3 Å². The zero-order valence-electron chi connectivity index (χ0n) is 13.0. The van der Waals surface area contributed by atoms with Crippen LogP contribution in [0.25, 0.3) is 0 Å². The second kappa shape index (κ2) is 6.15. The fraction of sp³-hybridized carbons (Fsp3) is 0.400. The highest BCUT2D eigenvalue weighted by molar-refractivity contribution is 6.01. The smallest absolute Gasteiger partial charge is 0.408 e. The summed E-state index contributed by atoms with van der Waals surface area (Å²) in [4.78, 5) is 35.1. The molecule has 3 N–H and O–H groups in total. The number of hydrogen-bond donors (Lipinski definition) is 3. The third-order valence-electron chi connectivity index (χ3n) is 2.91. The van der Waals surface area contributed by atoms with Crippen LogP contribution in [0.3, 0.4) is 0 Å². The van der Waals surface area contributed by atoms with Gasteiger partial charge in [0.1, 0.15) is 23.8 Å². The Labute approximate surface area is 132 Å². The summed E-state index contributed by atoms with van der Waals surface area (Å²) in [6, 6.07) is 3.39. The van der Waals surface area contributed by atoms with Crippen molar-refractivity contribution in [2.24, 2.45) is 0 Å². The Kier molecular flexibility index (Phi) is 4.44. The van der Waals surface area contributed by atoms with Crippen LogP contribution < -0.4 is 15.4 Å². The number of benzene rings is 1. The van der Waals surface area contributed by atoms with Gasteiger partial charge >= 0.3 is 12.1 Å². The molecule has 8 heteroatoms. The largest absolute Gasteiger partial charge is 0.488 e. The Bertz CT molecular complexity index is 650. The minimum Gasteiger partial charge on any atom is -0.488 e. The number of fused-ring (bicyclic) bond motifs is 1. The first kappa shape index (κ1) is 16.6. The summed E-state index contributed by atoms with van der Waals surface area (Å²) in [5, 5.41) is 14.1. The molecule has 0 saturated heterocycles. The van der Waals surface area contributed by atoms with E-state index in [1.165, 1.54) is 18.2 Å². The zero-order chi connectivity index (χ0) is 17.2. The molecule has 1 aliphatic heterocycles. The van der Waals surface area contributed by atoms with Crippen LogP contribution in [0, 0.1) is 0 Å². The lowest BCUT2D eigenvalue weighted by Crippen LogP contribution is -2.48. The van der Waals surface area contributed by atoms with E-state index < -0.39 is 29.6 Å². The Morgan fingerprint density at radius 3 is 2.70 bits per heavy atom. The van der Waals surface area contributed by atoms with E-state index >= 15 is 0 Å². The SMILES string of the molecule is CC(C)(C)OC(=O)NC1COc2c(cccc2C(=O)O)NC1=O. The lowest BCUT2D eigenvalue weighted by molar-refractivity contribution is -0.118. The van der Waals surface area contributed by atoms with E-state index in [0.29, 0.717) is 0 Å². The topological polar surface area (TPSA) is 114 Å². The van der Waals surface area contributed by atoms with Gasteiger partial charge in [0.05, 0.1) is 5.69 Å². The molecule has 1 unspecified atom stereocenters. The summed E-state index contributed by atoms with van der Waals surface area (Å²) in [6.45, 7) is 4.89. The molecule has 0 fully saturated rings. The molecule has 0 spiro atoms. The highest BCUT2D eigenvalue weighted by Crippen LogP contribution is 2.31. The third-order valence-corrected chi connectivity index (χ3v) is 2.91. The lowest BCUT2D eigenvalue weighted by atomic mass is 10.1. The van der Waals surface area contributed by atoms with Crippen LogP contribution in [0.2, 0.25) is 0 Å². The monoisotopic (exact) mass is 322 g/mol. The summed E-state index contributed by atoms with van der Waals surface area (Å²) in [6.07, 6.45) is -0.759. The van der Waals surface area contributed by atoms with Crippen molar-refractivity contribution in [1.82, 2.24) is 5.32 Å². The molecule has 1 atom stereocenters. The van der Waals surface area contributed by atoms with Gasteiger partial charge in [-0.15, -0.1) is 0 Å². The fourth-order valence-electron chi connectivity index (χ4n) is 1.98. The van der Waals surface area contributed by atoms with Crippen LogP contribution in [-0.2, 0) is 9.53 Å². The predicted molar refractivity (Wildman–Crippen MR) is 80.7 cm³/mol. The summed E-state index contributed by atoms with van der Waals surface area (Å²) in [5.41, 5.74) is -0.532. The second-order valence-corrected chi connectivity index (χ2v) is 5.99. The molecular weight excluding hydrogens is 304 g/mol. The third kappa shape index (κ3) is 4.12. The first-order chi connectivity index (χ1) is 10.7. The fourth-order valence-corrected chi connectivity index (χ4v) is 1.98. The number of para-hydroxylation sites is 1. The number of aromatic carboxylic acids is 1. The van der Waals surface area contributed by atoms with Gasteiger partial charge in [0.25, 0.3) is 5.91 Å². The molecule has 124 valence electrons. The van der Waals surface area contributed by atoms with Crippen molar-refractivity contribution in [3.8, 4) is 5.75 Å². The molecule has 8 nitrogen and oxygen atoms in total. The summed E-state index contributed by atoms with van der Waals surface area (Å²) in [5.74, 6) is -1.63. The van der Waals surface area contributed by atoms with Crippen LogP contribution in [0.1, 0.15) is 31.1 Å². The molecule has 1 aromatic carbocycles. The highest BCUT2D eigenvalue weighted by Gasteiger charge is 2.30. The van der Waals surface area contributed by atoms with E-state index in [1.807, 2.05) is 0 Å². The minimum absolute atomic E-state index is 0.0573. The maximum Gasteiger partial charge on any atom is 0.408 e. The van der Waals surface area contributed by atoms with Crippen LogP contribution in [0.4, 0.5) is 10.5 Å². The van der Waals surface area contributed by atoms with Crippen LogP contribution in [0.5, 0.6) is 5.75 Å². The number of nitrogens with one attached hydrogen (secondary N) is 2. The number of amides is 2. The number of alkyl carbamates (subject to hydrolysis) is 1. The van der Waals surface area contributed by atoms with Crippen molar-refractivity contribution in [2.75, 3.05) is 11.9 Å². The van der Waals surface area contributed by atoms with E-state index in [1.54, 1.807) is 20.8 Å². The average Bonchev–Trinajstić information content (AvgIpc) is 2.56. The Hall–Kier alpha value is -2.77. The summed E-state index contributed by atoms with van der Waals surface area (Å²) >= 11 is 0. The van der Waals surface area contributed by atoms with Gasteiger partial charge in [-0.3, -0.25) is 4.79 Å². The molecule has 0 bridgehead atoms. The molecule has 2 rings (SSSR count). The number of anilines is 1. The minimum atomic E-state index is -1.17. The van der Waals surface area contributed by atoms with Gasteiger partial charge in [-0.1, -0.05) is 6.07 Å². The van der Waals surface area contributed by atoms with Crippen molar-refractivity contribution < 1.29 is 29.0 Å². The Morgan fingerprint density at radius 2 is 2.09 bits per heavy atom. The van der Waals surface area contributed by atoms with Gasteiger partial charge in [0, 0.05) is 0 Å². The average molecular weight is 322 g/mol. The van der Waals surface area contributed by atoms with Gasteiger partial charge in [0.15, 0.2) is 5.75 Å². The van der Waals surface area contributed by atoms with Crippen molar-refractivity contribution in [1.29, 1.82) is 0 Å². The maximum absolute atomic E-state index is 12.2. The van der Waals surface area contributed by atoms with Crippen molar-refractivity contribution in [3.63, 3.8) is 0 Å². The van der Waals surface area contributed by atoms with Crippen LogP contribution in [0.15, 0.2) is 18.2 Å². The van der Waals surface area contributed by atoms with E-state index in [9.17, 15) is 14.4 Å². The van der Waals surface area contributed by atoms with Crippen molar-refractivity contribution in [3.05, 3.63) is 23.8 Å². The van der Waals surface area contributed by atoms with Gasteiger partial charge in [-0.2, -0.15) is 0 Å². The van der Waals surface area contributed by atoms with Crippen molar-refractivity contribution in [2.45, 2.75) is 32.4 Å². The molecule has 0 saturated carbocycles.